The number of carbonyl (C=O) groups excluding carboxylic acids is 1. The monoisotopic (exact) mass is 267 g/mol. The molecule has 0 amide bonds. The number of aromatic nitrogens is 3. The van der Waals surface area contributed by atoms with E-state index in [1.807, 2.05) is 27.7 Å². The second kappa shape index (κ2) is 5.28. The average Bonchev–Trinajstić information content (AvgIpc) is 2.70. The number of hydrogen-bond donors (Lipinski definition) is 0. The summed E-state index contributed by atoms with van der Waals surface area (Å²) < 4.78 is 12.5. The van der Waals surface area contributed by atoms with Crippen molar-refractivity contribution in [2.24, 2.45) is 0 Å². The third-order valence-electron chi connectivity index (χ3n) is 3.00. The molecule has 1 aromatic heterocycles. The van der Waals surface area contributed by atoms with Crippen LogP contribution in [0.15, 0.2) is 0 Å². The van der Waals surface area contributed by atoms with Crippen LogP contribution in [0.5, 0.6) is 0 Å². The number of nitrogens with zero attached hydrogens (tertiary/aromatic N) is 3. The van der Waals surface area contributed by atoms with Crippen molar-refractivity contribution in [1.29, 1.82) is 0 Å². The normalized spacial score (nSPS) is 20.3. The van der Waals surface area contributed by atoms with Gasteiger partial charge in [-0.1, -0.05) is 5.21 Å². The van der Waals surface area contributed by atoms with Gasteiger partial charge in [-0.2, -0.15) is 0 Å². The van der Waals surface area contributed by atoms with Crippen LogP contribution in [0.2, 0.25) is 0 Å². The van der Waals surface area contributed by atoms with Crippen molar-refractivity contribution in [3.8, 4) is 0 Å². The Labute approximate surface area is 113 Å². The summed E-state index contributed by atoms with van der Waals surface area (Å²) in [7, 11) is 0. The van der Waals surface area contributed by atoms with E-state index in [0.717, 1.165) is 25.1 Å². The van der Waals surface area contributed by atoms with Crippen LogP contribution in [-0.2, 0) is 9.47 Å². The first-order valence-corrected chi connectivity index (χ1v) is 6.61. The summed E-state index contributed by atoms with van der Waals surface area (Å²) in [6, 6.07) is 0.164. The molecule has 1 atom stereocenters. The maximum Gasteiger partial charge on any atom is 0.361 e. The summed E-state index contributed by atoms with van der Waals surface area (Å²) in [4.78, 5) is 12.0. The van der Waals surface area contributed by atoms with Gasteiger partial charge in [0.2, 0.25) is 0 Å². The molecule has 0 saturated carbocycles. The predicted molar refractivity (Wildman–Crippen MR) is 69.0 cm³/mol. The summed E-state index contributed by atoms with van der Waals surface area (Å²) in [6.07, 6.45) is 2.00. The molecule has 1 aliphatic rings. The van der Waals surface area contributed by atoms with E-state index in [-0.39, 0.29) is 6.04 Å². The van der Waals surface area contributed by atoms with Crippen LogP contribution in [0, 0.1) is 6.92 Å². The van der Waals surface area contributed by atoms with E-state index in [2.05, 4.69) is 10.3 Å². The Balaban J connectivity index is 2.15. The summed E-state index contributed by atoms with van der Waals surface area (Å²) >= 11 is 0. The minimum atomic E-state index is -0.527. The molecule has 0 aliphatic carbocycles. The van der Waals surface area contributed by atoms with Crippen molar-refractivity contribution < 1.29 is 14.3 Å². The largest absolute Gasteiger partial charge is 0.455 e. The lowest BCUT2D eigenvalue weighted by molar-refractivity contribution is 0.00615. The molecule has 1 aromatic rings. The zero-order valence-electron chi connectivity index (χ0n) is 12.0. The van der Waals surface area contributed by atoms with Crippen molar-refractivity contribution in [2.45, 2.75) is 52.2 Å². The first kappa shape index (κ1) is 14.0. The molecule has 2 heterocycles. The molecule has 0 N–H and O–H groups in total. The van der Waals surface area contributed by atoms with Crippen LogP contribution >= 0.6 is 0 Å². The van der Waals surface area contributed by atoms with Crippen LogP contribution in [-0.4, -0.2) is 39.8 Å². The third kappa shape index (κ3) is 3.32. The maximum absolute atomic E-state index is 12.0. The molecular weight excluding hydrogens is 246 g/mol. The van der Waals surface area contributed by atoms with Crippen molar-refractivity contribution in [3.05, 3.63) is 11.4 Å². The third-order valence-corrected chi connectivity index (χ3v) is 3.00. The first-order chi connectivity index (χ1) is 8.88. The molecule has 2 rings (SSSR count). The Bertz CT molecular complexity index is 456. The zero-order chi connectivity index (χ0) is 14.0. The van der Waals surface area contributed by atoms with Gasteiger partial charge in [0.15, 0.2) is 5.69 Å². The number of ether oxygens (including phenoxy) is 2. The highest BCUT2D eigenvalue weighted by atomic mass is 16.6. The Morgan fingerprint density at radius 1 is 1.47 bits per heavy atom. The van der Waals surface area contributed by atoms with Crippen LogP contribution in [0.4, 0.5) is 0 Å². The summed E-state index contributed by atoms with van der Waals surface area (Å²) in [5.41, 5.74) is 0.506. The van der Waals surface area contributed by atoms with Gasteiger partial charge in [-0.25, -0.2) is 9.48 Å². The second-order valence-electron chi connectivity index (χ2n) is 5.84. The first-order valence-electron chi connectivity index (χ1n) is 6.61. The Morgan fingerprint density at radius 2 is 2.21 bits per heavy atom. The molecule has 0 bridgehead atoms. The van der Waals surface area contributed by atoms with Crippen LogP contribution < -0.4 is 0 Å². The number of hydrogen-bond acceptors (Lipinski definition) is 5. The lowest BCUT2D eigenvalue weighted by Crippen LogP contribution is -2.25. The van der Waals surface area contributed by atoms with Crippen molar-refractivity contribution in [2.75, 3.05) is 13.2 Å². The van der Waals surface area contributed by atoms with E-state index in [1.54, 1.807) is 4.68 Å². The SMILES string of the molecule is Cc1c(C(=O)OC(C)(C)C)nnn1C1CCCOC1. The van der Waals surface area contributed by atoms with Gasteiger partial charge in [-0.3, -0.25) is 0 Å². The molecule has 19 heavy (non-hydrogen) atoms. The molecule has 1 fully saturated rings. The highest BCUT2D eigenvalue weighted by Gasteiger charge is 2.26. The van der Waals surface area contributed by atoms with E-state index >= 15 is 0 Å². The van der Waals surface area contributed by atoms with Crippen molar-refractivity contribution in [3.63, 3.8) is 0 Å². The fourth-order valence-electron chi connectivity index (χ4n) is 2.12. The highest BCUT2D eigenvalue weighted by Crippen LogP contribution is 2.21. The molecule has 6 heteroatoms. The van der Waals surface area contributed by atoms with Crippen molar-refractivity contribution >= 4 is 5.97 Å². The van der Waals surface area contributed by atoms with Gasteiger partial charge in [-0.05, 0) is 40.5 Å². The quantitative estimate of drug-likeness (QED) is 0.765. The van der Waals surface area contributed by atoms with Gasteiger partial charge in [-0.15, -0.1) is 5.10 Å². The summed E-state index contributed by atoms with van der Waals surface area (Å²) in [5.74, 6) is -0.423. The molecule has 1 aliphatic heterocycles. The number of carbonyl (C=O) groups is 1. The van der Waals surface area contributed by atoms with Crippen molar-refractivity contribution in [1.82, 2.24) is 15.0 Å². The van der Waals surface area contributed by atoms with Crippen LogP contribution in [0.25, 0.3) is 0 Å². The molecule has 0 aromatic carbocycles. The van der Waals surface area contributed by atoms with E-state index in [1.165, 1.54) is 0 Å². The van der Waals surface area contributed by atoms with E-state index in [9.17, 15) is 4.79 Å². The van der Waals surface area contributed by atoms with Crippen LogP contribution in [0.1, 0.15) is 55.8 Å². The van der Waals surface area contributed by atoms with Gasteiger partial charge >= 0.3 is 5.97 Å². The molecule has 6 nitrogen and oxygen atoms in total. The summed E-state index contributed by atoms with van der Waals surface area (Å²) in [6.45, 7) is 8.76. The van der Waals surface area contributed by atoms with E-state index in [0.29, 0.717) is 12.3 Å². The predicted octanol–water partition coefficient (Wildman–Crippen LogP) is 1.89. The average molecular weight is 267 g/mol. The molecular formula is C13H21N3O3. The fraction of sp³-hybridized carbons (Fsp3) is 0.769. The Hall–Kier alpha value is -1.43. The zero-order valence-corrected chi connectivity index (χ0v) is 12.0. The van der Waals surface area contributed by atoms with Gasteiger partial charge < -0.3 is 9.47 Å². The Kier molecular flexibility index (Phi) is 3.89. The number of esters is 1. The molecule has 106 valence electrons. The second-order valence-corrected chi connectivity index (χ2v) is 5.84. The lowest BCUT2D eigenvalue weighted by atomic mass is 10.1. The Morgan fingerprint density at radius 3 is 2.79 bits per heavy atom. The lowest BCUT2D eigenvalue weighted by Gasteiger charge is -2.23. The number of rotatable bonds is 2. The summed E-state index contributed by atoms with van der Waals surface area (Å²) in [5, 5.41) is 8.03. The topological polar surface area (TPSA) is 66.2 Å². The van der Waals surface area contributed by atoms with Gasteiger partial charge in [0.25, 0.3) is 0 Å². The minimum absolute atomic E-state index is 0.164. The van der Waals surface area contributed by atoms with Crippen LogP contribution in [0.3, 0.4) is 0 Å². The molecule has 0 spiro atoms. The standard InChI is InChI=1S/C13H21N3O3/c1-9-11(12(17)19-13(2,3)4)14-15-16(9)10-6-5-7-18-8-10/h10H,5-8H2,1-4H3. The van der Waals surface area contributed by atoms with Gasteiger partial charge in [0.05, 0.1) is 18.3 Å². The molecule has 1 saturated heterocycles. The van der Waals surface area contributed by atoms with E-state index in [4.69, 9.17) is 9.47 Å². The van der Waals surface area contributed by atoms with Gasteiger partial charge in [0, 0.05) is 6.61 Å². The maximum atomic E-state index is 12.0. The minimum Gasteiger partial charge on any atom is -0.455 e. The van der Waals surface area contributed by atoms with Gasteiger partial charge in [0.1, 0.15) is 5.60 Å². The smallest absolute Gasteiger partial charge is 0.361 e. The highest BCUT2D eigenvalue weighted by molar-refractivity contribution is 5.88. The molecule has 0 radical (unpaired) electrons. The molecule has 1 unspecified atom stereocenters. The van der Waals surface area contributed by atoms with E-state index < -0.39 is 11.6 Å². The fourth-order valence-corrected chi connectivity index (χ4v) is 2.12.